The Morgan fingerprint density at radius 3 is 3.00 bits per heavy atom. The third kappa shape index (κ3) is 2.22. The predicted molar refractivity (Wildman–Crippen MR) is 65.2 cm³/mol. The van der Waals surface area contributed by atoms with Crippen molar-refractivity contribution in [3.05, 3.63) is 32.6 Å². The molecular formula is C11H13NOSSe. The van der Waals surface area contributed by atoms with E-state index in [0.29, 0.717) is 0 Å². The molecule has 0 fully saturated rings. The van der Waals surface area contributed by atoms with E-state index in [-0.39, 0.29) is 26.3 Å². The number of carbonyl (C=O) groups excluding carboxylic acids is 1. The molecule has 0 amide bonds. The van der Waals surface area contributed by atoms with Crippen molar-refractivity contribution in [3.63, 3.8) is 0 Å². The first kappa shape index (κ1) is 11.1. The number of allylic oxidation sites excluding steroid dienone is 1. The molecule has 0 saturated heterocycles. The molecule has 0 saturated carbocycles. The van der Waals surface area contributed by atoms with Gasteiger partial charge >= 0.3 is 100 Å². The summed E-state index contributed by atoms with van der Waals surface area (Å²) in [5.41, 5.74) is 1.21. The zero-order valence-corrected chi connectivity index (χ0v) is 11.3. The molecule has 1 aliphatic heterocycles. The van der Waals surface area contributed by atoms with E-state index in [4.69, 9.17) is 0 Å². The van der Waals surface area contributed by atoms with Crippen LogP contribution in [0, 0.1) is 0 Å². The number of hydrogen-bond donors (Lipinski definition) is 0. The van der Waals surface area contributed by atoms with E-state index < -0.39 is 0 Å². The van der Waals surface area contributed by atoms with Gasteiger partial charge < -0.3 is 0 Å². The van der Waals surface area contributed by atoms with Crippen LogP contribution in [-0.4, -0.2) is 37.1 Å². The van der Waals surface area contributed by atoms with Gasteiger partial charge in [-0.05, 0) is 0 Å². The molecule has 1 aliphatic rings. The second kappa shape index (κ2) is 4.60. The van der Waals surface area contributed by atoms with Gasteiger partial charge in [0.1, 0.15) is 0 Å². The van der Waals surface area contributed by atoms with Crippen LogP contribution in [0.3, 0.4) is 0 Å². The zero-order valence-electron chi connectivity index (χ0n) is 8.77. The van der Waals surface area contributed by atoms with Gasteiger partial charge in [0, 0.05) is 0 Å². The molecule has 0 aromatic carbocycles. The fraction of sp³-hybridized carbons (Fsp3) is 0.364. The Bertz CT molecular complexity index is 385. The van der Waals surface area contributed by atoms with E-state index in [0.717, 1.165) is 10.3 Å². The minimum absolute atomic E-state index is 0.00993. The zero-order chi connectivity index (χ0) is 10.8. The first-order valence-corrected chi connectivity index (χ1v) is 7.72. The number of ketones is 1. The Balaban J connectivity index is 2.11. The van der Waals surface area contributed by atoms with E-state index in [2.05, 4.69) is 22.2 Å². The number of Topliss-reactive ketones (excluding diaryl/α,β-unsaturated/α-hetero) is 1. The molecule has 0 spiro atoms. The predicted octanol–water partition coefficient (Wildman–Crippen LogP) is 2.18. The summed E-state index contributed by atoms with van der Waals surface area (Å²) in [4.78, 5) is 16.4. The van der Waals surface area contributed by atoms with Gasteiger partial charge in [0.2, 0.25) is 0 Å². The number of thioether (sulfide) groups is 1. The fourth-order valence-corrected chi connectivity index (χ4v) is 4.20. The molecule has 1 atom stereocenters. The van der Waals surface area contributed by atoms with Crippen molar-refractivity contribution in [1.82, 2.24) is 4.90 Å². The van der Waals surface area contributed by atoms with Gasteiger partial charge in [-0.1, -0.05) is 0 Å². The third-order valence-electron chi connectivity index (χ3n) is 2.53. The normalized spacial score (nSPS) is 17.7. The van der Waals surface area contributed by atoms with Crippen LogP contribution >= 0.6 is 11.8 Å². The molecule has 0 bridgehead atoms. The van der Waals surface area contributed by atoms with Crippen molar-refractivity contribution in [3.8, 4) is 0 Å². The molecule has 2 rings (SSSR count). The van der Waals surface area contributed by atoms with Crippen LogP contribution in [-0.2, 0) is 0 Å². The van der Waals surface area contributed by atoms with Gasteiger partial charge in [-0.15, -0.1) is 0 Å². The van der Waals surface area contributed by atoms with Crippen LogP contribution in [0.25, 0.3) is 0 Å². The van der Waals surface area contributed by atoms with E-state index in [9.17, 15) is 4.79 Å². The molecule has 4 heteroatoms. The van der Waals surface area contributed by atoms with Crippen molar-refractivity contribution in [2.24, 2.45) is 0 Å². The Hall–Kier alpha value is -0.441. The van der Waals surface area contributed by atoms with Crippen molar-refractivity contribution in [2.45, 2.75) is 19.9 Å². The molecule has 2 nitrogen and oxygen atoms in total. The van der Waals surface area contributed by atoms with Gasteiger partial charge in [0.15, 0.2) is 0 Å². The van der Waals surface area contributed by atoms with E-state index in [1.165, 1.54) is 5.70 Å². The maximum atomic E-state index is 12.1. The van der Waals surface area contributed by atoms with Crippen molar-refractivity contribution >= 4 is 32.0 Å². The average molecular weight is 286 g/mol. The van der Waals surface area contributed by atoms with Crippen molar-refractivity contribution in [1.29, 1.82) is 0 Å². The van der Waals surface area contributed by atoms with Gasteiger partial charge in [-0.3, -0.25) is 0 Å². The van der Waals surface area contributed by atoms with Gasteiger partial charge in [-0.2, -0.15) is 0 Å². The quantitative estimate of drug-likeness (QED) is 0.627. The van der Waals surface area contributed by atoms with Crippen LogP contribution < -0.4 is 0 Å². The van der Waals surface area contributed by atoms with E-state index in [1.54, 1.807) is 11.8 Å². The Morgan fingerprint density at radius 2 is 2.47 bits per heavy atom. The number of nitrogens with zero attached hydrogens (tertiary/aromatic N) is 1. The molecule has 2 heterocycles. The molecule has 1 unspecified atom stereocenters. The summed E-state index contributed by atoms with van der Waals surface area (Å²) in [7, 11) is 0. The summed E-state index contributed by atoms with van der Waals surface area (Å²) in [5.74, 6) is 1.20. The first-order chi connectivity index (χ1) is 7.20. The van der Waals surface area contributed by atoms with Gasteiger partial charge in [0.05, 0.1) is 0 Å². The Morgan fingerprint density at radius 1 is 1.67 bits per heavy atom. The standard InChI is InChI=1S/C11H13NOSSe/c1-8-6-14-7-12(8)9(2)11(13)10-4-3-5-15-10/h3-6,9H,7H2,1-2H3. The van der Waals surface area contributed by atoms with Crippen LogP contribution in [0.5, 0.6) is 0 Å². The molecule has 0 aliphatic carbocycles. The minimum atomic E-state index is -0.00993. The fourth-order valence-electron chi connectivity index (χ4n) is 1.59. The average Bonchev–Trinajstić information content (AvgIpc) is 2.85. The van der Waals surface area contributed by atoms with Gasteiger partial charge in [0.25, 0.3) is 0 Å². The summed E-state index contributed by atoms with van der Waals surface area (Å²) in [6, 6.07) is 3.94. The number of carbonyl (C=O) groups is 1. The molecule has 1 aromatic heterocycles. The third-order valence-corrected chi connectivity index (χ3v) is 5.32. The first-order valence-electron chi connectivity index (χ1n) is 4.83. The van der Waals surface area contributed by atoms with Crippen LogP contribution in [0.15, 0.2) is 28.2 Å². The Labute approximate surface area is 100 Å². The van der Waals surface area contributed by atoms with Crippen molar-refractivity contribution in [2.75, 3.05) is 5.88 Å². The van der Waals surface area contributed by atoms with E-state index >= 15 is 0 Å². The summed E-state index contributed by atoms with van der Waals surface area (Å²) in [6.45, 7) is 4.07. The summed E-state index contributed by atoms with van der Waals surface area (Å²) < 4.78 is 1.000. The SMILES string of the molecule is CC1=CSCN1C(C)C(=O)c1ccc[se]1. The molecule has 0 radical (unpaired) electrons. The second-order valence-electron chi connectivity index (χ2n) is 3.54. The summed E-state index contributed by atoms with van der Waals surface area (Å²) >= 11 is 2.02. The summed E-state index contributed by atoms with van der Waals surface area (Å²) in [6.07, 6.45) is 0. The van der Waals surface area contributed by atoms with Crippen LogP contribution in [0.1, 0.15) is 23.1 Å². The summed E-state index contributed by atoms with van der Waals surface area (Å²) in [5, 5.41) is 2.12. The molecule has 1 aromatic rings. The van der Waals surface area contributed by atoms with Crippen molar-refractivity contribution < 1.29 is 4.79 Å². The van der Waals surface area contributed by atoms with Gasteiger partial charge in [-0.25, -0.2) is 0 Å². The molecule has 80 valence electrons. The molecular weight excluding hydrogens is 273 g/mol. The van der Waals surface area contributed by atoms with E-state index in [1.807, 2.05) is 19.1 Å². The molecule has 15 heavy (non-hydrogen) atoms. The number of hydrogen-bond acceptors (Lipinski definition) is 3. The monoisotopic (exact) mass is 287 g/mol. The Kier molecular flexibility index (Phi) is 3.39. The number of rotatable bonds is 3. The maximum absolute atomic E-state index is 12.1. The van der Waals surface area contributed by atoms with Crippen LogP contribution in [0.4, 0.5) is 0 Å². The second-order valence-corrected chi connectivity index (χ2v) is 6.36. The molecule has 0 N–H and O–H groups in total. The topological polar surface area (TPSA) is 20.3 Å². The van der Waals surface area contributed by atoms with Crippen LogP contribution in [0.2, 0.25) is 0 Å².